The van der Waals surface area contributed by atoms with Crippen LogP contribution < -0.4 is 10.6 Å². The first-order valence-electron chi connectivity index (χ1n) is 9.23. The van der Waals surface area contributed by atoms with Gasteiger partial charge in [0.05, 0.1) is 12.6 Å². The van der Waals surface area contributed by atoms with Crippen LogP contribution in [-0.2, 0) is 16.1 Å². The summed E-state index contributed by atoms with van der Waals surface area (Å²) in [5.41, 5.74) is 2.61. The number of amides is 2. The Morgan fingerprint density at radius 2 is 1.89 bits per heavy atom. The van der Waals surface area contributed by atoms with Crippen molar-refractivity contribution in [1.29, 1.82) is 0 Å². The Bertz CT molecular complexity index is 822. The fourth-order valence-electron chi connectivity index (χ4n) is 3.18. The van der Waals surface area contributed by atoms with Gasteiger partial charge in [-0.15, -0.1) is 0 Å². The maximum Gasteiger partial charge on any atom is 0.411 e. The van der Waals surface area contributed by atoms with Crippen molar-refractivity contribution in [2.75, 3.05) is 18.4 Å². The van der Waals surface area contributed by atoms with Gasteiger partial charge in [-0.05, 0) is 49.2 Å². The van der Waals surface area contributed by atoms with Gasteiger partial charge in [0.25, 0.3) is 0 Å². The smallest absolute Gasteiger partial charge is 0.411 e. The Morgan fingerprint density at radius 3 is 2.54 bits per heavy atom. The molecule has 0 unspecified atom stereocenters. The number of hydrogen-bond acceptors (Lipinski definition) is 4. The lowest BCUT2D eigenvalue weighted by atomic mass is 10.0. The molecule has 6 nitrogen and oxygen atoms in total. The van der Waals surface area contributed by atoms with Crippen molar-refractivity contribution in [3.8, 4) is 0 Å². The van der Waals surface area contributed by atoms with E-state index in [4.69, 9.17) is 16.3 Å². The van der Waals surface area contributed by atoms with E-state index in [1.807, 2.05) is 36.4 Å². The summed E-state index contributed by atoms with van der Waals surface area (Å²) in [6, 6.07) is 15.1. The van der Waals surface area contributed by atoms with Crippen LogP contribution in [0.5, 0.6) is 0 Å². The fourth-order valence-corrected chi connectivity index (χ4v) is 3.31. The molecule has 1 aliphatic rings. The number of ether oxygens (including phenoxy) is 1. The second-order valence-electron chi connectivity index (χ2n) is 7.04. The normalized spacial score (nSPS) is 17.3. The average Bonchev–Trinajstić information content (AvgIpc) is 2.68. The van der Waals surface area contributed by atoms with Gasteiger partial charge in [-0.2, -0.15) is 0 Å². The molecule has 0 bridgehead atoms. The number of nitrogens with one attached hydrogen (secondary N) is 2. The molecule has 0 spiro atoms. The van der Waals surface area contributed by atoms with Crippen LogP contribution in [0.4, 0.5) is 10.5 Å². The number of halogens is 1. The molecular formula is C21H24ClN3O3. The van der Waals surface area contributed by atoms with Crippen LogP contribution in [0, 0.1) is 0 Å². The third kappa shape index (κ3) is 5.24. The number of anilines is 1. The van der Waals surface area contributed by atoms with E-state index in [1.165, 1.54) is 0 Å². The van der Waals surface area contributed by atoms with Crippen molar-refractivity contribution in [3.05, 3.63) is 64.7 Å². The summed E-state index contributed by atoms with van der Waals surface area (Å²) in [6.07, 6.45) is -0.517. The molecule has 1 saturated heterocycles. The molecule has 0 radical (unpaired) electrons. The monoisotopic (exact) mass is 401 g/mol. The number of carbonyl (C=O) groups is 2. The van der Waals surface area contributed by atoms with Crippen molar-refractivity contribution in [3.63, 3.8) is 0 Å². The molecular weight excluding hydrogens is 378 g/mol. The quantitative estimate of drug-likeness (QED) is 0.795. The molecule has 1 aliphatic heterocycles. The number of rotatable bonds is 5. The minimum atomic E-state index is -0.517. The van der Waals surface area contributed by atoms with Crippen molar-refractivity contribution in [1.82, 2.24) is 10.2 Å². The van der Waals surface area contributed by atoms with Gasteiger partial charge in [-0.1, -0.05) is 35.9 Å². The number of piperazine rings is 1. The van der Waals surface area contributed by atoms with Crippen LogP contribution in [-0.4, -0.2) is 36.0 Å². The highest BCUT2D eigenvalue weighted by Gasteiger charge is 2.29. The number of hydrogen-bond donors (Lipinski definition) is 2. The van der Waals surface area contributed by atoms with Crippen molar-refractivity contribution < 1.29 is 14.3 Å². The summed E-state index contributed by atoms with van der Waals surface area (Å²) in [5, 5.41) is 6.28. The second kappa shape index (κ2) is 9.08. The zero-order chi connectivity index (χ0) is 20.1. The van der Waals surface area contributed by atoms with Gasteiger partial charge in [-0.25, -0.2) is 4.79 Å². The molecule has 0 aliphatic carbocycles. The van der Waals surface area contributed by atoms with Crippen LogP contribution in [0.25, 0.3) is 0 Å². The third-order valence-corrected chi connectivity index (χ3v) is 4.96. The Hall–Kier alpha value is -2.57. The zero-order valence-electron chi connectivity index (χ0n) is 15.9. The molecule has 3 rings (SSSR count). The fraction of sp³-hybridized carbons (Fsp3) is 0.333. The summed E-state index contributed by atoms with van der Waals surface area (Å²) in [6.45, 7) is 5.30. The molecule has 2 amide bonds. The highest BCUT2D eigenvalue weighted by Crippen LogP contribution is 2.25. The Morgan fingerprint density at radius 1 is 1.21 bits per heavy atom. The highest BCUT2D eigenvalue weighted by molar-refractivity contribution is 6.30. The van der Waals surface area contributed by atoms with Crippen LogP contribution in [0.2, 0.25) is 5.02 Å². The van der Waals surface area contributed by atoms with Gasteiger partial charge in [0.2, 0.25) is 5.91 Å². The molecule has 0 aromatic heterocycles. The van der Waals surface area contributed by atoms with Crippen LogP contribution in [0.15, 0.2) is 48.5 Å². The summed E-state index contributed by atoms with van der Waals surface area (Å²) in [5.74, 6) is 0.0478. The number of benzene rings is 2. The number of carbonyl (C=O) groups excluding carboxylic acids is 2. The summed E-state index contributed by atoms with van der Waals surface area (Å²) in [7, 11) is 0. The average molecular weight is 402 g/mol. The van der Waals surface area contributed by atoms with Crippen LogP contribution in [0.3, 0.4) is 0 Å². The summed E-state index contributed by atoms with van der Waals surface area (Å²) < 4.78 is 5.23. The predicted molar refractivity (Wildman–Crippen MR) is 109 cm³/mol. The Kier molecular flexibility index (Phi) is 6.54. The second-order valence-corrected chi connectivity index (χ2v) is 7.47. The van der Waals surface area contributed by atoms with Crippen molar-refractivity contribution in [2.24, 2.45) is 0 Å². The molecule has 28 heavy (non-hydrogen) atoms. The molecule has 2 aromatic rings. The number of nitrogens with zero attached hydrogens (tertiary/aromatic N) is 1. The molecule has 2 N–H and O–H groups in total. The van der Waals surface area contributed by atoms with E-state index in [9.17, 15) is 9.59 Å². The highest BCUT2D eigenvalue weighted by atomic mass is 35.5. The predicted octanol–water partition coefficient (Wildman–Crippen LogP) is 3.97. The van der Waals surface area contributed by atoms with E-state index < -0.39 is 6.09 Å². The lowest BCUT2D eigenvalue weighted by molar-refractivity contribution is -0.126. The SMILES string of the molecule is CC(C)N1CC(=O)NC[C@@H]1c1ccc(NC(=O)OCc2ccc(Cl)cc2)cc1. The van der Waals surface area contributed by atoms with E-state index in [0.717, 1.165) is 11.1 Å². The Labute approximate surface area is 169 Å². The standard InChI is InChI=1S/C21H24ClN3O3/c1-14(2)25-12-20(26)23-11-19(25)16-5-9-18(10-6-16)24-21(27)28-13-15-3-7-17(22)8-4-15/h3-10,14,19H,11-13H2,1-2H3,(H,23,26)(H,24,27)/t19-/m1/s1. The zero-order valence-corrected chi connectivity index (χ0v) is 16.7. The maximum absolute atomic E-state index is 12.0. The van der Waals surface area contributed by atoms with E-state index in [1.54, 1.807) is 12.1 Å². The van der Waals surface area contributed by atoms with Gasteiger partial charge >= 0.3 is 6.09 Å². The minimum Gasteiger partial charge on any atom is -0.444 e. The van der Waals surface area contributed by atoms with Crippen molar-refractivity contribution >= 4 is 29.3 Å². The van der Waals surface area contributed by atoms with Gasteiger partial charge in [0.1, 0.15) is 6.61 Å². The van der Waals surface area contributed by atoms with Gasteiger partial charge < -0.3 is 10.1 Å². The van der Waals surface area contributed by atoms with E-state index in [0.29, 0.717) is 23.8 Å². The van der Waals surface area contributed by atoms with E-state index in [2.05, 4.69) is 29.4 Å². The topological polar surface area (TPSA) is 70.7 Å². The largest absolute Gasteiger partial charge is 0.444 e. The van der Waals surface area contributed by atoms with Gasteiger partial charge in [0.15, 0.2) is 0 Å². The molecule has 1 atom stereocenters. The first-order chi connectivity index (χ1) is 13.4. The van der Waals surface area contributed by atoms with Gasteiger partial charge in [-0.3, -0.25) is 15.0 Å². The molecule has 7 heteroatoms. The minimum absolute atomic E-state index is 0.0478. The van der Waals surface area contributed by atoms with Crippen LogP contribution >= 0.6 is 11.6 Å². The lowest BCUT2D eigenvalue weighted by Crippen LogP contribution is -2.52. The van der Waals surface area contributed by atoms with Crippen molar-refractivity contribution in [2.45, 2.75) is 32.5 Å². The summed E-state index contributed by atoms with van der Waals surface area (Å²) in [4.78, 5) is 25.9. The maximum atomic E-state index is 12.0. The van der Waals surface area contributed by atoms with Crippen LogP contribution in [0.1, 0.15) is 31.0 Å². The molecule has 148 valence electrons. The van der Waals surface area contributed by atoms with E-state index >= 15 is 0 Å². The summed E-state index contributed by atoms with van der Waals surface area (Å²) >= 11 is 5.84. The molecule has 1 fully saturated rings. The third-order valence-electron chi connectivity index (χ3n) is 4.71. The van der Waals surface area contributed by atoms with Gasteiger partial charge in [0, 0.05) is 23.3 Å². The molecule has 2 aromatic carbocycles. The molecule has 1 heterocycles. The Balaban J connectivity index is 1.57. The van der Waals surface area contributed by atoms with E-state index in [-0.39, 0.29) is 24.6 Å². The first kappa shape index (κ1) is 20.2. The molecule has 0 saturated carbocycles. The lowest BCUT2D eigenvalue weighted by Gasteiger charge is -2.38. The first-order valence-corrected chi connectivity index (χ1v) is 9.61.